The summed E-state index contributed by atoms with van der Waals surface area (Å²) in [7, 11) is 2.13. The molecule has 0 radical (unpaired) electrons. The Bertz CT molecular complexity index is 413. The molecular weight excluding hydrogens is 228 g/mol. The van der Waals surface area contributed by atoms with Gasteiger partial charge in [-0.15, -0.1) is 0 Å². The summed E-state index contributed by atoms with van der Waals surface area (Å²) in [6.45, 7) is 2.95. The Balaban J connectivity index is 1.84. The Morgan fingerprint density at radius 1 is 1.56 bits per heavy atom. The molecule has 2 rings (SSSR count). The number of carbonyl (C=O) groups excluding carboxylic acids is 1. The first-order chi connectivity index (χ1) is 8.66. The van der Waals surface area contributed by atoms with E-state index >= 15 is 0 Å². The Morgan fingerprint density at radius 2 is 2.28 bits per heavy atom. The Kier molecular flexibility index (Phi) is 4.15. The number of piperidine rings is 1. The lowest BCUT2D eigenvalue weighted by atomic mass is 9.97. The van der Waals surface area contributed by atoms with Crippen LogP contribution in [0, 0.1) is 5.92 Å². The molecule has 0 aliphatic carbocycles. The second-order valence-electron chi connectivity index (χ2n) is 4.92. The predicted octanol–water partition coefficient (Wildman–Crippen LogP) is 0.735. The van der Waals surface area contributed by atoms with Crippen LogP contribution in [0.3, 0.4) is 0 Å². The van der Waals surface area contributed by atoms with Crippen molar-refractivity contribution in [3.8, 4) is 0 Å². The lowest BCUT2D eigenvalue weighted by molar-refractivity contribution is 0.0940. The van der Waals surface area contributed by atoms with Gasteiger partial charge in [-0.2, -0.15) is 0 Å². The van der Waals surface area contributed by atoms with Crippen molar-refractivity contribution in [3.05, 3.63) is 24.0 Å². The minimum absolute atomic E-state index is 0.103. The van der Waals surface area contributed by atoms with E-state index in [1.807, 2.05) is 0 Å². The number of carbonyl (C=O) groups is 1. The van der Waals surface area contributed by atoms with Gasteiger partial charge in [-0.05, 0) is 45.0 Å². The van der Waals surface area contributed by atoms with Gasteiger partial charge in [-0.25, -0.2) is 0 Å². The molecular formula is C13H20N4O. The van der Waals surface area contributed by atoms with Crippen LogP contribution in [-0.4, -0.2) is 42.5 Å². The predicted molar refractivity (Wildman–Crippen MR) is 71.2 cm³/mol. The Morgan fingerprint density at radius 3 is 2.94 bits per heavy atom. The van der Waals surface area contributed by atoms with E-state index in [-0.39, 0.29) is 5.91 Å². The van der Waals surface area contributed by atoms with Gasteiger partial charge < -0.3 is 16.0 Å². The first kappa shape index (κ1) is 12.8. The third-order valence-corrected chi connectivity index (χ3v) is 3.49. The Labute approximate surface area is 107 Å². The number of hydrogen-bond acceptors (Lipinski definition) is 4. The molecule has 5 nitrogen and oxygen atoms in total. The number of pyridine rings is 1. The smallest absolute Gasteiger partial charge is 0.253 e. The van der Waals surface area contributed by atoms with E-state index in [0.717, 1.165) is 32.5 Å². The fourth-order valence-corrected chi connectivity index (χ4v) is 2.21. The molecule has 1 aromatic rings. The molecule has 2 heterocycles. The van der Waals surface area contributed by atoms with Gasteiger partial charge in [0.2, 0.25) is 0 Å². The molecule has 0 saturated carbocycles. The molecule has 0 aromatic carbocycles. The fraction of sp³-hybridized carbons (Fsp3) is 0.538. The minimum Gasteiger partial charge on any atom is -0.397 e. The number of likely N-dealkylation sites (tertiary alicyclic amines) is 1. The van der Waals surface area contributed by atoms with Crippen LogP contribution in [0.15, 0.2) is 18.5 Å². The van der Waals surface area contributed by atoms with E-state index in [0.29, 0.717) is 17.2 Å². The van der Waals surface area contributed by atoms with Crippen molar-refractivity contribution in [2.24, 2.45) is 5.92 Å². The molecule has 1 fully saturated rings. The molecule has 1 aliphatic rings. The lowest BCUT2D eigenvalue weighted by Crippen LogP contribution is -2.37. The molecule has 98 valence electrons. The second-order valence-corrected chi connectivity index (χ2v) is 4.92. The van der Waals surface area contributed by atoms with Crippen molar-refractivity contribution in [1.82, 2.24) is 15.2 Å². The largest absolute Gasteiger partial charge is 0.397 e. The summed E-state index contributed by atoms with van der Waals surface area (Å²) in [5.41, 5.74) is 6.66. The summed E-state index contributed by atoms with van der Waals surface area (Å²) >= 11 is 0. The van der Waals surface area contributed by atoms with E-state index < -0.39 is 0 Å². The zero-order valence-electron chi connectivity index (χ0n) is 10.7. The van der Waals surface area contributed by atoms with Crippen molar-refractivity contribution in [2.45, 2.75) is 12.8 Å². The van der Waals surface area contributed by atoms with Gasteiger partial charge in [-0.1, -0.05) is 0 Å². The number of amides is 1. The fourth-order valence-electron chi connectivity index (χ4n) is 2.21. The number of nitrogens with two attached hydrogens (primary N) is 1. The van der Waals surface area contributed by atoms with Crippen molar-refractivity contribution in [1.29, 1.82) is 0 Å². The highest BCUT2D eigenvalue weighted by molar-refractivity contribution is 5.98. The summed E-state index contributed by atoms with van der Waals surface area (Å²) in [5, 5.41) is 2.96. The molecule has 5 heteroatoms. The maximum absolute atomic E-state index is 11.9. The molecule has 0 unspecified atom stereocenters. The summed E-state index contributed by atoms with van der Waals surface area (Å²) in [6, 6.07) is 1.65. The maximum atomic E-state index is 11.9. The SMILES string of the molecule is CN1CCC(CNC(=O)c2ccncc2N)CC1. The van der Waals surface area contributed by atoms with E-state index in [9.17, 15) is 4.79 Å². The summed E-state index contributed by atoms with van der Waals surface area (Å²) in [5.74, 6) is 0.474. The maximum Gasteiger partial charge on any atom is 0.253 e. The molecule has 1 aromatic heterocycles. The first-order valence-electron chi connectivity index (χ1n) is 6.33. The second kappa shape index (κ2) is 5.82. The van der Waals surface area contributed by atoms with Crippen LogP contribution in [0.4, 0.5) is 5.69 Å². The van der Waals surface area contributed by atoms with Crippen molar-refractivity contribution >= 4 is 11.6 Å². The summed E-state index contributed by atoms with van der Waals surface area (Å²) in [6.07, 6.45) is 5.37. The van der Waals surface area contributed by atoms with Gasteiger partial charge in [0, 0.05) is 12.7 Å². The standard InChI is InChI=1S/C13H20N4O/c1-17-6-3-10(4-7-17)8-16-13(18)11-2-5-15-9-12(11)14/h2,5,9-10H,3-4,6-8,14H2,1H3,(H,16,18). The third kappa shape index (κ3) is 3.20. The number of aromatic nitrogens is 1. The topological polar surface area (TPSA) is 71.2 Å². The quantitative estimate of drug-likeness (QED) is 0.827. The highest BCUT2D eigenvalue weighted by atomic mass is 16.1. The van der Waals surface area contributed by atoms with Gasteiger partial charge in [-0.3, -0.25) is 9.78 Å². The molecule has 0 atom stereocenters. The van der Waals surface area contributed by atoms with Crippen molar-refractivity contribution in [3.63, 3.8) is 0 Å². The zero-order chi connectivity index (χ0) is 13.0. The van der Waals surface area contributed by atoms with Gasteiger partial charge in [0.15, 0.2) is 0 Å². The molecule has 1 saturated heterocycles. The van der Waals surface area contributed by atoms with E-state index in [1.165, 1.54) is 6.20 Å². The van der Waals surface area contributed by atoms with Gasteiger partial charge in [0.25, 0.3) is 5.91 Å². The van der Waals surface area contributed by atoms with E-state index in [2.05, 4.69) is 22.2 Å². The monoisotopic (exact) mass is 248 g/mol. The first-order valence-corrected chi connectivity index (χ1v) is 6.33. The minimum atomic E-state index is -0.103. The molecule has 1 amide bonds. The average Bonchev–Trinajstić information content (AvgIpc) is 2.38. The normalized spacial score (nSPS) is 17.6. The van der Waals surface area contributed by atoms with Crippen LogP contribution >= 0.6 is 0 Å². The van der Waals surface area contributed by atoms with Crippen LogP contribution < -0.4 is 11.1 Å². The van der Waals surface area contributed by atoms with Gasteiger partial charge in [0.1, 0.15) is 0 Å². The van der Waals surface area contributed by atoms with Crippen LogP contribution in [0.1, 0.15) is 23.2 Å². The summed E-state index contributed by atoms with van der Waals surface area (Å²) in [4.78, 5) is 18.1. The third-order valence-electron chi connectivity index (χ3n) is 3.49. The number of anilines is 1. The zero-order valence-corrected chi connectivity index (χ0v) is 10.7. The number of rotatable bonds is 3. The number of hydrogen-bond donors (Lipinski definition) is 2. The highest BCUT2D eigenvalue weighted by Crippen LogP contribution is 2.15. The van der Waals surface area contributed by atoms with Crippen molar-refractivity contribution in [2.75, 3.05) is 32.4 Å². The van der Waals surface area contributed by atoms with Gasteiger partial charge in [0.05, 0.1) is 17.4 Å². The van der Waals surface area contributed by atoms with E-state index in [1.54, 1.807) is 12.3 Å². The van der Waals surface area contributed by atoms with Crippen LogP contribution in [0.2, 0.25) is 0 Å². The molecule has 3 N–H and O–H groups in total. The van der Waals surface area contributed by atoms with Crippen molar-refractivity contribution < 1.29 is 4.79 Å². The molecule has 1 aliphatic heterocycles. The number of nitrogen functional groups attached to an aromatic ring is 1. The molecule has 0 bridgehead atoms. The van der Waals surface area contributed by atoms with Crippen LogP contribution in [-0.2, 0) is 0 Å². The highest BCUT2D eigenvalue weighted by Gasteiger charge is 2.18. The number of nitrogens with zero attached hydrogens (tertiary/aromatic N) is 2. The van der Waals surface area contributed by atoms with Crippen LogP contribution in [0.5, 0.6) is 0 Å². The molecule has 18 heavy (non-hydrogen) atoms. The van der Waals surface area contributed by atoms with Gasteiger partial charge >= 0.3 is 0 Å². The van der Waals surface area contributed by atoms with E-state index in [4.69, 9.17) is 5.73 Å². The number of nitrogens with one attached hydrogen (secondary N) is 1. The lowest BCUT2D eigenvalue weighted by Gasteiger charge is -2.28. The molecule has 0 spiro atoms. The average molecular weight is 248 g/mol. The summed E-state index contributed by atoms with van der Waals surface area (Å²) < 4.78 is 0. The van der Waals surface area contributed by atoms with Crippen LogP contribution in [0.25, 0.3) is 0 Å². The Hall–Kier alpha value is -1.62.